The molecule has 1 aliphatic rings. The normalized spacial score (nSPS) is 15.4. The van der Waals surface area contributed by atoms with E-state index in [1.165, 1.54) is 37.0 Å². The summed E-state index contributed by atoms with van der Waals surface area (Å²) in [6.07, 6.45) is 8.70. The van der Waals surface area contributed by atoms with Crippen LogP contribution >= 0.6 is 11.3 Å². The number of nitrogens with one attached hydrogen (secondary N) is 1. The number of carbonyl (C=O) groups is 1. The molecule has 146 valence electrons. The first kappa shape index (κ1) is 18.9. The second-order valence-electron chi connectivity index (χ2n) is 7.49. The van der Waals surface area contributed by atoms with Crippen LogP contribution in [0.5, 0.6) is 0 Å². The van der Waals surface area contributed by atoms with Crippen LogP contribution in [0.4, 0.5) is 11.5 Å². The highest BCUT2D eigenvalue weighted by Crippen LogP contribution is 2.36. The Morgan fingerprint density at radius 3 is 2.54 bits per heavy atom. The second-order valence-corrected chi connectivity index (χ2v) is 8.49. The van der Waals surface area contributed by atoms with Crippen LogP contribution in [0.1, 0.15) is 53.8 Å². The highest BCUT2D eigenvalue weighted by molar-refractivity contribution is 7.20. The van der Waals surface area contributed by atoms with Crippen LogP contribution in [-0.4, -0.2) is 29.0 Å². The number of fused-ring (bicyclic) bond motifs is 1. The van der Waals surface area contributed by atoms with Gasteiger partial charge in [0.05, 0.1) is 10.3 Å². The fraction of sp³-hybridized carbons (Fsp3) is 0.409. The zero-order valence-electron chi connectivity index (χ0n) is 16.4. The molecule has 0 unspecified atom stereocenters. The minimum atomic E-state index is 0.0284. The van der Waals surface area contributed by atoms with Crippen molar-refractivity contribution in [3.8, 4) is 0 Å². The lowest BCUT2D eigenvalue weighted by Crippen LogP contribution is -2.34. The molecule has 2 heterocycles. The van der Waals surface area contributed by atoms with Gasteiger partial charge in [-0.25, -0.2) is 9.97 Å². The van der Waals surface area contributed by atoms with Crippen LogP contribution in [0, 0.1) is 6.92 Å². The van der Waals surface area contributed by atoms with Gasteiger partial charge in [0.15, 0.2) is 0 Å². The third-order valence-corrected chi connectivity index (χ3v) is 6.76. The van der Waals surface area contributed by atoms with Gasteiger partial charge in [0.25, 0.3) is 5.91 Å². The summed E-state index contributed by atoms with van der Waals surface area (Å²) >= 11 is 1.46. The standard InChI is InChI=1S/C22H26N4OS/c1-15-18-20(26(2)17-12-8-5-9-13-17)23-14-24-22(18)28-19(15)21(27)25-16-10-6-3-4-7-11-16/h5,8-9,12-14,16H,3-4,6-7,10-11H2,1-2H3,(H,25,27). The van der Waals surface area contributed by atoms with Gasteiger partial charge >= 0.3 is 0 Å². The van der Waals surface area contributed by atoms with Gasteiger partial charge in [-0.15, -0.1) is 11.3 Å². The summed E-state index contributed by atoms with van der Waals surface area (Å²) in [4.78, 5) is 25.6. The number of para-hydroxylation sites is 1. The predicted octanol–water partition coefficient (Wildman–Crippen LogP) is 5.22. The van der Waals surface area contributed by atoms with Crippen LogP contribution in [0.2, 0.25) is 0 Å². The van der Waals surface area contributed by atoms with E-state index in [-0.39, 0.29) is 11.9 Å². The first-order chi connectivity index (χ1) is 13.6. The summed E-state index contributed by atoms with van der Waals surface area (Å²) in [6.45, 7) is 2.01. The fourth-order valence-electron chi connectivity index (χ4n) is 3.97. The minimum absolute atomic E-state index is 0.0284. The molecular weight excluding hydrogens is 368 g/mol. The molecule has 1 fully saturated rings. The van der Waals surface area contributed by atoms with Crippen molar-refractivity contribution in [2.75, 3.05) is 11.9 Å². The maximum atomic E-state index is 13.0. The number of thiophene rings is 1. The summed E-state index contributed by atoms with van der Waals surface area (Å²) in [5.41, 5.74) is 2.02. The van der Waals surface area contributed by atoms with E-state index >= 15 is 0 Å². The van der Waals surface area contributed by atoms with Crippen LogP contribution in [0.15, 0.2) is 36.7 Å². The Bertz CT molecular complexity index is 961. The maximum absolute atomic E-state index is 13.0. The quantitative estimate of drug-likeness (QED) is 0.616. The third kappa shape index (κ3) is 3.74. The molecule has 28 heavy (non-hydrogen) atoms. The molecule has 0 saturated heterocycles. The van der Waals surface area contributed by atoms with Crippen molar-refractivity contribution >= 4 is 39.0 Å². The molecule has 0 bridgehead atoms. The minimum Gasteiger partial charge on any atom is -0.349 e. The number of amides is 1. The molecule has 1 saturated carbocycles. The molecule has 0 atom stereocenters. The van der Waals surface area contributed by atoms with Crippen molar-refractivity contribution in [1.29, 1.82) is 0 Å². The van der Waals surface area contributed by atoms with Gasteiger partial charge in [-0.3, -0.25) is 4.79 Å². The summed E-state index contributed by atoms with van der Waals surface area (Å²) in [6, 6.07) is 10.4. The number of hydrogen-bond donors (Lipinski definition) is 1. The van der Waals surface area contributed by atoms with E-state index in [9.17, 15) is 4.79 Å². The SMILES string of the molecule is Cc1c(C(=O)NC2CCCCCC2)sc2ncnc(N(C)c3ccccc3)c12. The Kier molecular flexibility index (Phi) is 5.57. The first-order valence-electron chi connectivity index (χ1n) is 9.99. The van der Waals surface area contributed by atoms with E-state index in [0.717, 1.165) is 45.0 Å². The zero-order chi connectivity index (χ0) is 19.5. The lowest BCUT2D eigenvalue weighted by Gasteiger charge is -2.19. The van der Waals surface area contributed by atoms with Crippen molar-refractivity contribution in [3.63, 3.8) is 0 Å². The molecule has 0 spiro atoms. The van der Waals surface area contributed by atoms with Gasteiger partial charge in [0.2, 0.25) is 0 Å². The van der Waals surface area contributed by atoms with Crippen molar-refractivity contribution in [2.24, 2.45) is 0 Å². The molecule has 6 heteroatoms. The summed E-state index contributed by atoms with van der Waals surface area (Å²) < 4.78 is 0. The van der Waals surface area contributed by atoms with Gasteiger partial charge in [0.1, 0.15) is 17.0 Å². The van der Waals surface area contributed by atoms with E-state index in [2.05, 4.69) is 32.3 Å². The lowest BCUT2D eigenvalue weighted by molar-refractivity contribution is 0.0937. The van der Waals surface area contributed by atoms with Crippen LogP contribution in [0.3, 0.4) is 0 Å². The van der Waals surface area contributed by atoms with Crippen molar-refractivity contribution in [3.05, 3.63) is 47.1 Å². The Morgan fingerprint density at radius 1 is 1.11 bits per heavy atom. The number of rotatable bonds is 4. The molecule has 1 aliphatic carbocycles. The van der Waals surface area contributed by atoms with Gasteiger partial charge < -0.3 is 10.2 Å². The predicted molar refractivity (Wildman–Crippen MR) is 116 cm³/mol. The Labute approximate surface area is 169 Å². The highest BCUT2D eigenvalue weighted by atomic mass is 32.1. The van der Waals surface area contributed by atoms with Crippen molar-refractivity contribution in [2.45, 2.75) is 51.5 Å². The average molecular weight is 395 g/mol. The number of hydrogen-bond acceptors (Lipinski definition) is 5. The van der Waals surface area contributed by atoms with Crippen molar-refractivity contribution in [1.82, 2.24) is 15.3 Å². The average Bonchev–Trinajstić information content (AvgIpc) is 2.89. The fourth-order valence-corrected chi connectivity index (χ4v) is 5.02. The van der Waals surface area contributed by atoms with Crippen molar-refractivity contribution < 1.29 is 4.79 Å². The van der Waals surface area contributed by atoms with Gasteiger partial charge in [0, 0.05) is 18.8 Å². The number of anilines is 2. The number of aryl methyl sites for hydroxylation is 1. The lowest BCUT2D eigenvalue weighted by atomic mass is 10.1. The molecule has 0 radical (unpaired) electrons. The number of aromatic nitrogens is 2. The molecular formula is C22H26N4OS. The smallest absolute Gasteiger partial charge is 0.261 e. The summed E-state index contributed by atoms with van der Waals surface area (Å²) in [5, 5.41) is 4.23. The molecule has 0 aliphatic heterocycles. The topological polar surface area (TPSA) is 58.1 Å². The Balaban J connectivity index is 1.66. The van der Waals surface area contributed by atoms with Crippen LogP contribution in [0.25, 0.3) is 10.2 Å². The highest BCUT2D eigenvalue weighted by Gasteiger charge is 2.23. The molecule has 1 N–H and O–H groups in total. The molecule has 1 aromatic carbocycles. The van der Waals surface area contributed by atoms with Gasteiger partial charge in [-0.1, -0.05) is 43.9 Å². The largest absolute Gasteiger partial charge is 0.349 e. The van der Waals surface area contributed by atoms with Crippen LogP contribution in [-0.2, 0) is 0 Å². The van der Waals surface area contributed by atoms with E-state index in [1.807, 2.05) is 32.2 Å². The molecule has 1 amide bonds. The monoisotopic (exact) mass is 394 g/mol. The van der Waals surface area contributed by atoms with Gasteiger partial charge in [-0.05, 0) is 37.5 Å². The van der Waals surface area contributed by atoms with E-state index in [1.54, 1.807) is 6.33 Å². The Morgan fingerprint density at radius 2 is 1.82 bits per heavy atom. The number of carbonyl (C=O) groups excluding carboxylic acids is 1. The summed E-state index contributed by atoms with van der Waals surface area (Å²) in [7, 11) is 2.00. The Hall–Kier alpha value is -2.47. The van der Waals surface area contributed by atoms with Crippen LogP contribution < -0.4 is 10.2 Å². The molecule has 5 nitrogen and oxygen atoms in total. The molecule has 4 rings (SSSR count). The van der Waals surface area contributed by atoms with E-state index in [0.29, 0.717) is 0 Å². The summed E-state index contributed by atoms with van der Waals surface area (Å²) in [5.74, 6) is 0.860. The molecule has 3 aromatic rings. The number of nitrogens with zero attached hydrogens (tertiary/aromatic N) is 3. The maximum Gasteiger partial charge on any atom is 0.261 e. The van der Waals surface area contributed by atoms with Gasteiger partial charge in [-0.2, -0.15) is 0 Å². The third-order valence-electron chi connectivity index (χ3n) is 5.56. The molecule has 2 aromatic heterocycles. The zero-order valence-corrected chi connectivity index (χ0v) is 17.3. The van der Waals surface area contributed by atoms with E-state index in [4.69, 9.17) is 0 Å². The first-order valence-corrected chi connectivity index (χ1v) is 10.8. The second kappa shape index (κ2) is 8.27. The number of benzene rings is 1. The van der Waals surface area contributed by atoms with E-state index < -0.39 is 0 Å².